The van der Waals surface area contributed by atoms with Crippen molar-refractivity contribution in [2.75, 3.05) is 7.11 Å². The van der Waals surface area contributed by atoms with Crippen molar-refractivity contribution < 1.29 is 22.5 Å². The number of hydrogen-bond donors (Lipinski definition) is 2. The van der Waals surface area contributed by atoms with Crippen LogP contribution in [0.3, 0.4) is 0 Å². The van der Waals surface area contributed by atoms with Gasteiger partial charge in [-0.25, -0.2) is 13.1 Å². The first-order valence-corrected chi connectivity index (χ1v) is 12.1. The molecular weight excluding hydrogens is 420 g/mol. The SMILES string of the molecule is COc1ccc(C(=O)NC2(c3noc(C)n3)CCCC2)cc1S(=O)(=O)NC1CCCC1. The molecule has 10 heteroatoms. The number of rotatable bonds is 7. The van der Waals surface area contributed by atoms with Gasteiger partial charge in [0.25, 0.3) is 5.91 Å². The van der Waals surface area contributed by atoms with Gasteiger partial charge in [-0.1, -0.05) is 30.8 Å². The molecule has 0 radical (unpaired) electrons. The van der Waals surface area contributed by atoms with Gasteiger partial charge in [0.05, 0.1) is 7.11 Å². The van der Waals surface area contributed by atoms with Crippen LogP contribution in [0, 0.1) is 6.92 Å². The van der Waals surface area contributed by atoms with Crippen LogP contribution in [0.1, 0.15) is 73.4 Å². The van der Waals surface area contributed by atoms with Crippen LogP contribution in [0.2, 0.25) is 0 Å². The third kappa shape index (κ3) is 4.45. The molecule has 1 heterocycles. The summed E-state index contributed by atoms with van der Waals surface area (Å²) >= 11 is 0. The fourth-order valence-corrected chi connectivity index (χ4v) is 6.02. The fourth-order valence-electron chi connectivity index (χ4n) is 4.52. The number of amides is 1. The van der Waals surface area contributed by atoms with E-state index in [9.17, 15) is 13.2 Å². The van der Waals surface area contributed by atoms with E-state index in [4.69, 9.17) is 9.26 Å². The van der Waals surface area contributed by atoms with E-state index in [0.717, 1.165) is 38.5 Å². The molecule has 0 bridgehead atoms. The zero-order valence-electron chi connectivity index (χ0n) is 17.8. The second-order valence-corrected chi connectivity index (χ2v) is 10.0. The van der Waals surface area contributed by atoms with Crippen molar-refractivity contribution >= 4 is 15.9 Å². The number of ether oxygens (including phenoxy) is 1. The average Bonchev–Trinajstić information content (AvgIpc) is 3.50. The highest BCUT2D eigenvalue weighted by Crippen LogP contribution is 2.38. The maximum absolute atomic E-state index is 13.2. The van der Waals surface area contributed by atoms with Crippen LogP contribution in [0.25, 0.3) is 0 Å². The molecule has 2 saturated carbocycles. The highest BCUT2D eigenvalue weighted by Gasteiger charge is 2.41. The Morgan fingerprint density at radius 1 is 1.19 bits per heavy atom. The summed E-state index contributed by atoms with van der Waals surface area (Å²) in [7, 11) is -2.42. The largest absolute Gasteiger partial charge is 0.495 e. The lowest BCUT2D eigenvalue weighted by molar-refractivity contribution is 0.0891. The van der Waals surface area contributed by atoms with Crippen molar-refractivity contribution in [3.63, 3.8) is 0 Å². The van der Waals surface area contributed by atoms with Gasteiger partial charge < -0.3 is 14.6 Å². The molecule has 1 aromatic carbocycles. The van der Waals surface area contributed by atoms with Crippen molar-refractivity contribution in [1.29, 1.82) is 0 Å². The molecule has 9 nitrogen and oxygen atoms in total. The van der Waals surface area contributed by atoms with E-state index < -0.39 is 15.6 Å². The van der Waals surface area contributed by atoms with E-state index in [-0.39, 0.29) is 28.2 Å². The van der Waals surface area contributed by atoms with Gasteiger partial charge in [-0.15, -0.1) is 0 Å². The summed E-state index contributed by atoms with van der Waals surface area (Å²) < 4.78 is 39.2. The number of benzene rings is 1. The van der Waals surface area contributed by atoms with Gasteiger partial charge in [-0.3, -0.25) is 4.79 Å². The normalized spacial score (nSPS) is 18.9. The van der Waals surface area contributed by atoms with E-state index in [0.29, 0.717) is 24.6 Å². The topological polar surface area (TPSA) is 123 Å². The van der Waals surface area contributed by atoms with Crippen LogP contribution >= 0.6 is 0 Å². The Bertz CT molecular complexity index is 1050. The molecule has 2 N–H and O–H groups in total. The molecule has 0 saturated heterocycles. The van der Waals surface area contributed by atoms with Gasteiger partial charge in [0.2, 0.25) is 15.9 Å². The number of nitrogens with zero attached hydrogens (tertiary/aromatic N) is 2. The molecule has 0 spiro atoms. The maximum Gasteiger partial charge on any atom is 0.252 e. The van der Waals surface area contributed by atoms with E-state index in [1.165, 1.54) is 19.2 Å². The van der Waals surface area contributed by atoms with Crippen molar-refractivity contribution in [3.05, 3.63) is 35.5 Å². The smallest absolute Gasteiger partial charge is 0.252 e. The van der Waals surface area contributed by atoms with Gasteiger partial charge in [-0.2, -0.15) is 4.98 Å². The van der Waals surface area contributed by atoms with Crippen molar-refractivity contribution in [1.82, 2.24) is 20.2 Å². The summed E-state index contributed by atoms with van der Waals surface area (Å²) in [5.74, 6) is 0.710. The van der Waals surface area contributed by atoms with Crippen LogP contribution in [-0.2, 0) is 15.6 Å². The number of sulfonamides is 1. The second kappa shape index (κ2) is 8.58. The molecule has 31 heavy (non-hydrogen) atoms. The van der Waals surface area contributed by atoms with Crippen molar-refractivity contribution in [2.24, 2.45) is 0 Å². The summed E-state index contributed by atoms with van der Waals surface area (Å²) in [6.07, 6.45) is 6.89. The van der Waals surface area contributed by atoms with Gasteiger partial charge in [0, 0.05) is 18.5 Å². The van der Waals surface area contributed by atoms with Crippen LogP contribution in [0.4, 0.5) is 0 Å². The monoisotopic (exact) mass is 448 g/mol. The molecule has 2 aliphatic carbocycles. The minimum atomic E-state index is -3.83. The number of carbonyl (C=O) groups excluding carboxylic acids is 1. The zero-order chi connectivity index (χ0) is 22.1. The van der Waals surface area contributed by atoms with Crippen LogP contribution < -0.4 is 14.8 Å². The predicted molar refractivity (Wildman–Crippen MR) is 112 cm³/mol. The third-order valence-corrected chi connectivity index (χ3v) is 7.70. The Balaban J connectivity index is 1.62. The maximum atomic E-state index is 13.2. The fraction of sp³-hybridized carbons (Fsp3) is 0.571. The van der Waals surface area contributed by atoms with Crippen LogP contribution in [0.5, 0.6) is 5.75 Å². The second-order valence-electron chi connectivity index (χ2n) is 8.35. The number of methoxy groups -OCH3 is 1. The molecule has 2 fully saturated rings. The van der Waals surface area contributed by atoms with Gasteiger partial charge in [-0.05, 0) is 43.9 Å². The average molecular weight is 449 g/mol. The van der Waals surface area contributed by atoms with E-state index in [1.54, 1.807) is 13.0 Å². The molecular formula is C21H28N4O5S. The Labute approximate surface area is 182 Å². The molecule has 0 unspecified atom stereocenters. The first kappa shape index (κ1) is 21.8. The van der Waals surface area contributed by atoms with E-state index in [1.807, 2.05) is 0 Å². The molecule has 2 aromatic rings. The molecule has 1 amide bonds. The quantitative estimate of drug-likeness (QED) is 0.667. The number of carbonyl (C=O) groups is 1. The number of aromatic nitrogens is 2. The number of aryl methyl sites for hydroxylation is 1. The van der Waals surface area contributed by atoms with Gasteiger partial charge in [0.15, 0.2) is 5.82 Å². The van der Waals surface area contributed by atoms with Gasteiger partial charge >= 0.3 is 0 Å². The summed E-state index contributed by atoms with van der Waals surface area (Å²) in [5, 5.41) is 7.08. The minimum absolute atomic E-state index is 0.0366. The van der Waals surface area contributed by atoms with E-state index in [2.05, 4.69) is 20.2 Å². The lowest BCUT2D eigenvalue weighted by Crippen LogP contribution is -2.44. The van der Waals surface area contributed by atoms with Crippen molar-refractivity contribution in [2.45, 2.75) is 74.8 Å². The summed E-state index contributed by atoms with van der Waals surface area (Å²) in [6.45, 7) is 1.71. The first-order chi connectivity index (χ1) is 14.8. The minimum Gasteiger partial charge on any atom is -0.495 e. The molecule has 2 aliphatic rings. The van der Waals surface area contributed by atoms with Crippen molar-refractivity contribution in [3.8, 4) is 5.75 Å². The van der Waals surface area contributed by atoms with E-state index >= 15 is 0 Å². The molecule has 0 atom stereocenters. The summed E-state index contributed by atoms with van der Waals surface area (Å²) in [6, 6.07) is 4.36. The zero-order valence-corrected chi connectivity index (χ0v) is 18.6. The molecule has 0 aliphatic heterocycles. The highest BCUT2D eigenvalue weighted by molar-refractivity contribution is 7.89. The Morgan fingerprint density at radius 3 is 2.52 bits per heavy atom. The first-order valence-electron chi connectivity index (χ1n) is 10.7. The number of hydrogen-bond acceptors (Lipinski definition) is 7. The summed E-state index contributed by atoms with van der Waals surface area (Å²) in [4.78, 5) is 17.5. The van der Waals surface area contributed by atoms with Gasteiger partial charge in [0.1, 0.15) is 16.2 Å². The summed E-state index contributed by atoms with van der Waals surface area (Å²) in [5.41, 5.74) is -0.477. The Kier molecular flexibility index (Phi) is 6.02. The Hall–Kier alpha value is -2.46. The lowest BCUT2D eigenvalue weighted by Gasteiger charge is -2.27. The van der Waals surface area contributed by atoms with Crippen LogP contribution in [-0.4, -0.2) is 37.6 Å². The van der Waals surface area contributed by atoms with Crippen LogP contribution in [0.15, 0.2) is 27.6 Å². The lowest BCUT2D eigenvalue weighted by atomic mass is 9.96. The molecule has 4 rings (SSSR count). The third-order valence-electron chi connectivity index (χ3n) is 6.16. The highest BCUT2D eigenvalue weighted by atomic mass is 32.2. The standard InChI is InChI=1S/C21H28N4O5S/c1-14-22-20(24-30-14)21(11-5-6-12-21)23-19(26)15-9-10-17(29-2)18(13-15)31(27,28)25-16-7-3-4-8-16/h9-10,13,16,25H,3-8,11-12H2,1-2H3,(H,23,26). The number of nitrogens with one attached hydrogen (secondary N) is 2. The molecule has 1 aromatic heterocycles. The molecule has 168 valence electrons. The predicted octanol–water partition coefficient (Wildman–Crippen LogP) is 2.81. The Morgan fingerprint density at radius 2 is 1.90 bits per heavy atom.